The molecule has 0 bridgehead atoms. The predicted molar refractivity (Wildman–Crippen MR) is 108 cm³/mol. The molecule has 1 aromatic rings. The number of hydrogen-bond donors (Lipinski definition) is 1. The van der Waals surface area contributed by atoms with Crippen molar-refractivity contribution in [3.8, 4) is 5.88 Å². The molecule has 1 aliphatic heterocycles. The number of hydrogen-bond acceptors (Lipinski definition) is 4. The summed E-state index contributed by atoms with van der Waals surface area (Å²) < 4.78 is 5.93. The van der Waals surface area contributed by atoms with Crippen molar-refractivity contribution >= 4 is 11.8 Å². The summed E-state index contributed by atoms with van der Waals surface area (Å²) in [4.78, 5) is 31.6. The molecule has 1 N–H and O–H groups in total. The third kappa shape index (κ3) is 3.53. The lowest BCUT2D eigenvalue weighted by Crippen LogP contribution is -2.31. The zero-order valence-corrected chi connectivity index (χ0v) is 17.0. The number of rotatable bonds is 6. The van der Waals surface area contributed by atoms with Crippen LogP contribution in [0.15, 0.2) is 46.5 Å². The Labute approximate surface area is 170 Å². The fraction of sp³-hybridized carbons (Fsp3) is 0.435. The molecular weight excluding hydrogens is 366 g/mol. The number of nitrogens with zero attached hydrogens (tertiary/aromatic N) is 2. The first-order valence-electron chi connectivity index (χ1n) is 10.2. The second-order valence-corrected chi connectivity index (χ2v) is 7.71. The lowest BCUT2D eigenvalue weighted by Gasteiger charge is -2.28. The third-order valence-electron chi connectivity index (χ3n) is 5.76. The summed E-state index contributed by atoms with van der Waals surface area (Å²) in [5, 5.41) is 2.78. The largest absolute Gasteiger partial charge is 0.474 e. The summed E-state index contributed by atoms with van der Waals surface area (Å²) in [7, 11) is 0. The predicted octanol–water partition coefficient (Wildman–Crippen LogP) is 2.91. The van der Waals surface area contributed by atoms with Gasteiger partial charge in [-0.3, -0.25) is 9.59 Å². The number of carbonyl (C=O) groups is 2. The van der Waals surface area contributed by atoms with E-state index in [1.54, 1.807) is 17.2 Å². The molecule has 29 heavy (non-hydrogen) atoms. The first kappa shape index (κ1) is 19.3. The van der Waals surface area contributed by atoms with E-state index in [-0.39, 0.29) is 24.0 Å². The van der Waals surface area contributed by atoms with Crippen LogP contribution >= 0.6 is 0 Å². The van der Waals surface area contributed by atoms with Crippen molar-refractivity contribution in [1.29, 1.82) is 0 Å². The average molecular weight is 391 g/mol. The van der Waals surface area contributed by atoms with Gasteiger partial charge in [-0.1, -0.05) is 11.5 Å². The third-order valence-corrected chi connectivity index (χ3v) is 5.76. The van der Waals surface area contributed by atoms with Crippen LogP contribution in [-0.4, -0.2) is 40.9 Å². The Morgan fingerprint density at radius 2 is 2.24 bits per heavy atom. The van der Waals surface area contributed by atoms with Crippen LogP contribution in [0.1, 0.15) is 50.3 Å². The second kappa shape index (κ2) is 7.75. The van der Waals surface area contributed by atoms with Crippen molar-refractivity contribution < 1.29 is 14.3 Å². The number of aryl methyl sites for hydroxylation is 1. The van der Waals surface area contributed by atoms with E-state index in [9.17, 15) is 9.59 Å². The van der Waals surface area contributed by atoms with Gasteiger partial charge in [0.15, 0.2) is 0 Å². The highest BCUT2D eigenvalue weighted by atomic mass is 16.5. The van der Waals surface area contributed by atoms with E-state index in [0.29, 0.717) is 35.7 Å². The Kier molecular flexibility index (Phi) is 5.14. The van der Waals surface area contributed by atoms with Gasteiger partial charge in [-0.05, 0) is 51.7 Å². The van der Waals surface area contributed by atoms with Gasteiger partial charge in [0.05, 0.1) is 17.2 Å². The Bertz CT molecular complexity index is 1010. The van der Waals surface area contributed by atoms with Crippen LogP contribution in [0.4, 0.5) is 0 Å². The van der Waals surface area contributed by atoms with Gasteiger partial charge in [0, 0.05) is 36.5 Å². The van der Waals surface area contributed by atoms with Crippen molar-refractivity contribution in [2.45, 2.75) is 52.2 Å². The van der Waals surface area contributed by atoms with Gasteiger partial charge in [-0.2, -0.15) is 0 Å². The zero-order valence-electron chi connectivity index (χ0n) is 17.0. The van der Waals surface area contributed by atoms with Gasteiger partial charge in [-0.25, -0.2) is 4.98 Å². The van der Waals surface area contributed by atoms with Gasteiger partial charge < -0.3 is 15.0 Å². The molecule has 0 radical (unpaired) electrons. The Morgan fingerprint density at radius 3 is 2.90 bits per heavy atom. The van der Waals surface area contributed by atoms with Crippen LogP contribution < -0.4 is 10.1 Å². The normalized spacial score (nSPS) is 19.1. The molecule has 1 atom stereocenters. The van der Waals surface area contributed by atoms with E-state index in [1.165, 1.54) is 6.42 Å². The van der Waals surface area contributed by atoms with E-state index in [0.717, 1.165) is 24.0 Å². The molecule has 2 heterocycles. The van der Waals surface area contributed by atoms with Crippen LogP contribution in [0.2, 0.25) is 0 Å². The topological polar surface area (TPSA) is 71.5 Å². The fourth-order valence-electron chi connectivity index (χ4n) is 3.75. The lowest BCUT2D eigenvalue weighted by molar-refractivity contribution is -0.127. The standard InChI is InChI=1S/C23H25N3O3/c1-4-24-21(27)18-9-6-10-19-20(18)13-26(23(19)28)15(3)16-11-14(2)22(25-12-16)29-17-7-5-8-17/h10-12,15,17H,4-5,7-8,13H2,1-3H3,(H,24,27). The highest BCUT2D eigenvalue weighted by Gasteiger charge is 2.36. The molecule has 0 saturated heterocycles. The van der Waals surface area contributed by atoms with Crippen molar-refractivity contribution in [1.82, 2.24) is 15.2 Å². The molecule has 4 rings (SSSR count). The Balaban J connectivity index is 1.52. The van der Waals surface area contributed by atoms with E-state index in [1.807, 2.05) is 26.8 Å². The molecule has 150 valence electrons. The molecule has 1 aromatic heterocycles. The number of aromatic nitrogens is 1. The van der Waals surface area contributed by atoms with Crippen molar-refractivity contribution in [3.05, 3.63) is 57.6 Å². The van der Waals surface area contributed by atoms with Crippen LogP contribution in [0.3, 0.4) is 0 Å². The molecule has 1 unspecified atom stereocenters. The van der Waals surface area contributed by atoms with Crippen molar-refractivity contribution in [2.75, 3.05) is 13.1 Å². The number of carbonyl (C=O) groups excluding carboxylic acids is 2. The van der Waals surface area contributed by atoms with Gasteiger partial charge in [0.25, 0.3) is 11.8 Å². The molecule has 1 saturated carbocycles. The van der Waals surface area contributed by atoms with Crippen molar-refractivity contribution in [3.63, 3.8) is 0 Å². The minimum atomic E-state index is -0.224. The zero-order chi connectivity index (χ0) is 20.5. The lowest BCUT2D eigenvalue weighted by atomic mass is 9.96. The molecule has 0 spiro atoms. The molecule has 6 heteroatoms. The van der Waals surface area contributed by atoms with Crippen LogP contribution in [0.25, 0.3) is 0 Å². The van der Waals surface area contributed by atoms with Crippen LogP contribution in [0.5, 0.6) is 5.88 Å². The summed E-state index contributed by atoms with van der Waals surface area (Å²) in [6, 6.07) is 1.85. The summed E-state index contributed by atoms with van der Waals surface area (Å²) in [6.45, 7) is 6.70. The minimum Gasteiger partial charge on any atom is -0.474 e. The Hall–Kier alpha value is -3.07. The maximum Gasteiger partial charge on any atom is 0.260 e. The number of ether oxygens (including phenoxy) is 1. The SMILES string of the molecule is CCNC(=O)C1=C=C=CC2=C1CN(C(C)c1cnc(OC3CCC3)c(C)c1)C2=O. The first-order chi connectivity index (χ1) is 14.0. The molecule has 2 aliphatic carbocycles. The average Bonchev–Trinajstić information content (AvgIpc) is 3.02. The van der Waals surface area contributed by atoms with Gasteiger partial charge in [0.1, 0.15) is 6.10 Å². The monoisotopic (exact) mass is 391 g/mol. The van der Waals surface area contributed by atoms with Gasteiger partial charge in [0.2, 0.25) is 5.88 Å². The fourth-order valence-corrected chi connectivity index (χ4v) is 3.75. The maximum absolute atomic E-state index is 13.0. The minimum absolute atomic E-state index is 0.101. The number of likely N-dealkylation sites (N-methyl/N-ethyl adjacent to an activating group) is 1. The Morgan fingerprint density at radius 1 is 1.45 bits per heavy atom. The highest BCUT2D eigenvalue weighted by molar-refractivity contribution is 6.07. The molecule has 1 fully saturated rings. The molecule has 3 aliphatic rings. The molecule has 0 aromatic carbocycles. The van der Waals surface area contributed by atoms with E-state index in [4.69, 9.17) is 4.74 Å². The second-order valence-electron chi connectivity index (χ2n) is 7.71. The maximum atomic E-state index is 13.0. The van der Waals surface area contributed by atoms with E-state index in [2.05, 4.69) is 21.8 Å². The summed E-state index contributed by atoms with van der Waals surface area (Å²) in [5.41, 5.74) is 9.22. The van der Waals surface area contributed by atoms with E-state index < -0.39 is 0 Å². The number of pyridine rings is 1. The van der Waals surface area contributed by atoms with Crippen molar-refractivity contribution in [2.24, 2.45) is 0 Å². The number of nitrogens with one attached hydrogen (secondary N) is 1. The summed E-state index contributed by atoms with van der Waals surface area (Å²) >= 11 is 0. The molecule has 6 nitrogen and oxygen atoms in total. The molecule has 2 amide bonds. The van der Waals surface area contributed by atoms with Crippen LogP contribution in [0, 0.1) is 6.92 Å². The van der Waals surface area contributed by atoms with Gasteiger partial charge >= 0.3 is 0 Å². The number of amides is 2. The molecular formula is C23H25N3O3. The van der Waals surface area contributed by atoms with Crippen LogP contribution in [-0.2, 0) is 9.59 Å². The first-order valence-corrected chi connectivity index (χ1v) is 10.2. The summed E-state index contributed by atoms with van der Waals surface area (Å²) in [5.74, 6) is 0.345. The smallest absolute Gasteiger partial charge is 0.260 e. The quantitative estimate of drug-likeness (QED) is 0.757. The summed E-state index contributed by atoms with van der Waals surface area (Å²) in [6.07, 6.45) is 7.06. The van der Waals surface area contributed by atoms with Gasteiger partial charge in [-0.15, -0.1) is 0 Å². The highest BCUT2D eigenvalue weighted by Crippen LogP contribution is 2.34. The van der Waals surface area contributed by atoms with E-state index >= 15 is 0 Å².